The van der Waals surface area contributed by atoms with E-state index in [1.165, 1.54) is 14.2 Å². The monoisotopic (exact) mass is 438 g/mol. The van der Waals surface area contributed by atoms with Crippen LogP contribution < -0.4 is 14.8 Å². The van der Waals surface area contributed by atoms with Crippen molar-refractivity contribution in [2.45, 2.75) is 59.2 Å². The number of carbonyl (C=O) groups excluding carboxylic acids is 2. The molecule has 1 N–H and O–H groups in total. The van der Waals surface area contributed by atoms with Crippen molar-refractivity contribution in [3.05, 3.63) is 59.2 Å². The summed E-state index contributed by atoms with van der Waals surface area (Å²) < 4.78 is 10.9. The Morgan fingerprint density at radius 2 is 1.66 bits per heavy atom. The van der Waals surface area contributed by atoms with E-state index in [2.05, 4.69) is 26.1 Å². The molecule has 1 unspecified atom stereocenters. The van der Waals surface area contributed by atoms with E-state index in [0.717, 1.165) is 12.0 Å². The van der Waals surface area contributed by atoms with Crippen LogP contribution >= 0.6 is 0 Å². The first kappa shape index (κ1) is 23.6. The van der Waals surface area contributed by atoms with Gasteiger partial charge < -0.3 is 19.7 Å². The van der Waals surface area contributed by atoms with Crippen LogP contribution in [0.1, 0.15) is 68.6 Å². The molecule has 6 heteroatoms. The second-order valence-corrected chi connectivity index (χ2v) is 10.2. The van der Waals surface area contributed by atoms with Crippen molar-refractivity contribution >= 4 is 11.8 Å². The average Bonchev–Trinajstić information content (AvgIpc) is 2.97. The number of methoxy groups -OCH3 is 2. The fourth-order valence-electron chi connectivity index (χ4n) is 4.82. The van der Waals surface area contributed by atoms with Crippen molar-refractivity contribution < 1.29 is 19.1 Å². The third-order valence-electron chi connectivity index (χ3n) is 5.54. The van der Waals surface area contributed by atoms with E-state index in [9.17, 15) is 9.59 Å². The Balaban J connectivity index is 2.04. The molecule has 32 heavy (non-hydrogen) atoms. The minimum atomic E-state index is -0.753. The van der Waals surface area contributed by atoms with Crippen molar-refractivity contribution in [1.82, 2.24) is 10.2 Å². The standard InChI is InChI=1S/C26H34N2O4/c1-25(2,3)16-26(4,5)27-23(29)21-18-13-14-19(31-6)22(32-7)20(18)24(30)28(21)15-17-11-9-8-10-12-17/h8-14,21H,15-16H2,1-7H3,(H,27,29). The van der Waals surface area contributed by atoms with Crippen LogP contribution in [0.5, 0.6) is 11.5 Å². The van der Waals surface area contributed by atoms with E-state index < -0.39 is 11.6 Å². The van der Waals surface area contributed by atoms with Crippen LogP contribution in [0.3, 0.4) is 0 Å². The first-order chi connectivity index (χ1) is 15.0. The van der Waals surface area contributed by atoms with Crippen molar-refractivity contribution in [3.8, 4) is 11.5 Å². The fourth-order valence-corrected chi connectivity index (χ4v) is 4.82. The Morgan fingerprint density at radius 1 is 1.00 bits per heavy atom. The zero-order chi connectivity index (χ0) is 23.7. The van der Waals surface area contributed by atoms with Crippen LogP contribution in [0.15, 0.2) is 42.5 Å². The van der Waals surface area contributed by atoms with Gasteiger partial charge in [-0.15, -0.1) is 0 Å². The summed E-state index contributed by atoms with van der Waals surface area (Å²) in [6.07, 6.45) is 0.796. The summed E-state index contributed by atoms with van der Waals surface area (Å²) in [5.74, 6) is 0.383. The molecular weight excluding hydrogens is 404 g/mol. The van der Waals surface area contributed by atoms with Gasteiger partial charge in [-0.3, -0.25) is 9.59 Å². The third-order valence-corrected chi connectivity index (χ3v) is 5.54. The molecule has 1 atom stereocenters. The summed E-state index contributed by atoms with van der Waals surface area (Å²) in [6.45, 7) is 10.8. The molecule has 6 nitrogen and oxygen atoms in total. The highest BCUT2D eigenvalue weighted by atomic mass is 16.5. The second kappa shape index (κ2) is 8.85. The minimum absolute atomic E-state index is 0.0422. The van der Waals surface area contributed by atoms with Gasteiger partial charge in [0.1, 0.15) is 6.04 Å². The zero-order valence-electron chi connectivity index (χ0n) is 20.1. The average molecular weight is 439 g/mol. The Bertz CT molecular complexity index is 993. The third kappa shape index (κ3) is 4.90. The lowest BCUT2D eigenvalue weighted by Crippen LogP contribution is -2.49. The van der Waals surface area contributed by atoms with E-state index in [4.69, 9.17) is 9.47 Å². The van der Waals surface area contributed by atoms with E-state index in [0.29, 0.717) is 29.2 Å². The van der Waals surface area contributed by atoms with Gasteiger partial charge >= 0.3 is 0 Å². The molecule has 172 valence electrons. The lowest BCUT2D eigenvalue weighted by atomic mass is 9.81. The van der Waals surface area contributed by atoms with E-state index in [-0.39, 0.29) is 17.2 Å². The van der Waals surface area contributed by atoms with Crippen LogP contribution in [0.4, 0.5) is 0 Å². The number of hydrogen-bond donors (Lipinski definition) is 1. The van der Waals surface area contributed by atoms with E-state index in [1.54, 1.807) is 17.0 Å². The first-order valence-electron chi connectivity index (χ1n) is 10.9. The van der Waals surface area contributed by atoms with Gasteiger partial charge in [-0.25, -0.2) is 0 Å². The van der Waals surface area contributed by atoms with Crippen LogP contribution in [-0.4, -0.2) is 36.5 Å². The molecule has 0 fully saturated rings. The number of amides is 2. The summed E-state index contributed by atoms with van der Waals surface area (Å²) in [7, 11) is 3.04. The normalized spacial score (nSPS) is 16.0. The molecule has 1 heterocycles. The number of nitrogens with zero attached hydrogens (tertiary/aromatic N) is 1. The van der Waals surface area contributed by atoms with Gasteiger partial charge in [0.15, 0.2) is 11.5 Å². The molecule has 0 aliphatic carbocycles. The van der Waals surface area contributed by atoms with Crippen molar-refractivity contribution in [2.24, 2.45) is 5.41 Å². The molecule has 0 spiro atoms. The number of hydrogen-bond acceptors (Lipinski definition) is 4. The maximum Gasteiger partial charge on any atom is 0.259 e. The van der Waals surface area contributed by atoms with Crippen LogP contribution in [0.2, 0.25) is 0 Å². The van der Waals surface area contributed by atoms with Gasteiger partial charge in [0.05, 0.1) is 19.8 Å². The van der Waals surface area contributed by atoms with Crippen LogP contribution in [0, 0.1) is 5.41 Å². The Kier molecular flexibility index (Phi) is 6.54. The molecule has 2 aromatic rings. The summed E-state index contributed by atoms with van der Waals surface area (Å²) >= 11 is 0. The van der Waals surface area contributed by atoms with Gasteiger partial charge in [0.2, 0.25) is 5.91 Å². The molecule has 3 rings (SSSR count). The van der Waals surface area contributed by atoms with Crippen molar-refractivity contribution in [2.75, 3.05) is 14.2 Å². The molecule has 2 amide bonds. The Labute approximate surface area is 190 Å². The fraction of sp³-hybridized carbons (Fsp3) is 0.462. The van der Waals surface area contributed by atoms with Gasteiger partial charge in [0.25, 0.3) is 5.91 Å². The minimum Gasteiger partial charge on any atom is -0.493 e. The zero-order valence-corrected chi connectivity index (χ0v) is 20.1. The Hall–Kier alpha value is -3.02. The highest BCUT2D eigenvalue weighted by Gasteiger charge is 2.45. The number of nitrogens with one attached hydrogen (secondary N) is 1. The SMILES string of the molecule is COc1ccc2c(c1OC)C(=O)N(Cc1ccccc1)C2C(=O)NC(C)(C)CC(C)(C)C. The van der Waals surface area contributed by atoms with Crippen LogP contribution in [-0.2, 0) is 11.3 Å². The number of benzene rings is 2. The largest absolute Gasteiger partial charge is 0.493 e. The first-order valence-corrected chi connectivity index (χ1v) is 10.9. The van der Waals surface area contributed by atoms with E-state index in [1.807, 2.05) is 44.2 Å². The summed E-state index contributed by atoms with van der Waals surface area (Å²) in [4.78, 5) is 28.8. The number of ether oxygens (including phenoxy) is 2. The summed E-state index contributed by atoms with van der Waals surface area (Å²) in [5.41, 5.74) is 1.58. The molecule has 1 aliphatic rings. The highest BCUT2D eigenvalue weighted by Crippen LogP contribution is 2.44. The highest BCUT2D eigenvalue weighted by molar-refractivity contribution is 6.07. The predicted molar refractivity (Wildman–Crippen MR) is 125 cm³/mol. The van der Waals surface area contributed by atoms with E-state index >= 15 is 0 Å². The second-order valence-electron chi connectivity index (χ2n) is 10.2. The van der Waals surface area contributed by atoms with Gasteiger partial charge in [-0.05, 0) is 37.3 Å². The molecule has 0 bridgehead atoms. The molecule has 0 aromatic heterocycles. The quantitative estimate of drug-likeness (QED) is 0.679. The van der Waals surface area contributed by atoms with Gasteiger partial charge in [-0.1, -0.05) is 57.2 Å². The molecule has 0 saturated heterocycles. The smallest absolute Gasteiger partial charge is 0.259 e. The van der Waals surface area contributed by atoms with Gasteiger partial charge in [-0.2, -0.15) is 0 Å². The lowest BCUT2D eigenvalue weighted by Gasteiger charge is -2.35. The molecular formula is C26H34N2O4. The van der Waals surface area contributed by atoms with Crippen molar-refractivity contribution in [1.29, 1.82) is 0 Å². The molecule has 0 radical (unpaired) electrons. The van der Waals surface area contributed by atoms with Crippen LogP contribution in [0.25, 0.3) is 0 Å². The summed E-state index contributed by atoms with van der Waals surface area (Å²) in [6, 6.07) is 12.5. The van der Waals surface area contributed by atoms with Crippen molar-refractivity contribution in [3.63, 3.8) is 0 Å². The topological polar surface area (TPSA) is 67.9 Å². The summed E-state index contributed by atoms with van der Waals surface area (Å²) in [5, 5.41) is 3.19. The number of fused-ring (bicyclic) bond motifs is 1. The van der Waals surface area contributed by atoms with Gasteiger partial charge in [0, 0.05) is 17.6 Å². The number of rotatable bonds is 7. The number of carbonyl (C=O) groups is 2. The lowest BCUT2D eigenvalue weighted by molar-refractivity contribution is -0.127. The molecule has 0 saturated carbocycles. The maximum absolute atomic E-state index is 13.6. The predicted octanol–water partition coefficient (Wildman–Crippen LogP) is 4.73. The molecule has 1 aliphatic heterocycles. The Morgan fingerprint density at radius 3 is 2.22 bits per heavy atom. The molecule has 2 aromatic carbocycles. The maximum atomic E-state index is 13.6.